The van der Waals surface area contributed by atoms with Crippen LogP contribution in [0.2, 0.25) is 0 Å². The van der Waals surface area contributed by atoms with Crippen LogP contribution in [0.1, 0.15) is 27.7 Å². The van der Waals surface area contributed by atoms with Gasteiger partial charge in [0.05, 0.1) is 51.6 Å². The molecule has 2 aliphatic heterocycles. The van der Waals surface area contributed by atoms with Gasteiger partial charge in [0.2, 0.25) is 5.79 Å². The molecule has 4 aromatic rings. The summed E-state index contributed by atoms with van der Waals surface area (Å²) in [5.74, 6) is -3.07. The molecule has 0 aliphatic carbocycles. The topological polar surface area (TPSA) is 157 Å². The molecule has 4 aromatic carbocycles. The van der Waals surface area contributed by atoms with Crippen molar-refractivity contribution in [1.29, 1.82) is 0 Å². The standard InChI is InChI=1S/C40H46O11/c41-21-32-34(43)37(44)39(27-42,50-32)40(45)38(49-25-31-19-11-4-12-20-31)36(48-24-30-17-9-3-10-18-30)35(47-23-29-15-7-2-8-16-29)33(51-40)26-46-22-28-13-5-1-6-14-28/h1-20,32-38,41-45H,21-27H2/t32-,33-,34-,35-,36+,37+,38-,39?,40?/m1/s1/i22D,23D,24D,25D/t22?,23?,24?,25?,32-,33-,34-,35-,36+,37+,38-,39?,40?. The Balaban J connectivity index is 1.51. The van der Waals surface area contributed by atoms with E-state index >= 15 is 0 Å². The molecule has 51 heavy (non-hydrogen) atoms. The van der Waals surface area contributed by atoms with Crippen LogP contribution in [0.3, 0.4) is 0 Å². The third kappa shape index (κ3) is 8.25. The molecule has 2 heterocycles. The number of aliphatic hydroxyl groups is 5. The zero-order valence-electron chi connectivity index (χ0n) is 31.7. The first-order chi connectivity index (χ1) is 26.5. The maximum atomic E-state index is 13.0. The molecule has 6 unspecified atom stereocenters. The molecule has 13 atom stereocenters. The van der Waals surface area contributed by atoms with Crippen LogP contribution < -0.4 is 0 Å². The maximum Gasteiger partial charge on any atom is 0.230 e. The van der Waals surface area contributed by atoms with Crippen LogP contribution in [0.4, 0.5) is 0 Å². The van der Waals surface area contributed by atoms with Gasteiger partial charge in [-0.3, -0.25) is 0 Å². The zero-order valence-corrected chi connectivity index (χ0v) is 27.7. The van der Waals surface area contributed by atoms with E-state index in [0.29, 0.717) is 22.3 Å². The van der Waals surface area contributed by atoms with E-state index in [0.717, 1.165) is 0 Å². The lowest BCUT2D eigenvalue weighted by Crippen LogP contribution is -2.78. The van der Waals surface area contributed by atoms with Crippen molar-refractivity contribution >= 4 is 0 Å². The van der Waals surface area contributed by atoms with Gasteiger partial charge in [-0.05, 0) is 22.3 Å². The molecule has 0 bridgehead atoms. The van der Waals surface area contributed by atoms with Gasteiger partial charge in [-0.25, -0.2) is 0 Å². The highest BCUT2D eigenvalue weighted by molar-refractivity contribution is 5.20. The van der Waals surface area contributed by atoms with Gasteiger partial charge in [-0.1, -0.05) is 121 Å². The van der Waals surface area contributed by atoms with Crippen LogP contribution in [-0.2, 0) is 54.8 Å². The average molecular weight is 707 g/mol. The Kier molecular flexibility index (Phi) is 10.9. The van der Waals surface area contributed by atoms with E-state index in [1.807, 2.05) is 0 Å². The van der Waals surface area contributed by atoms with Gasteiger partial charge < -0.3 is 54.0 Å². The summed E-state index contributed by atoms with van der Waals surface area (Å²) in [5, 5.41) is 56.7. The van der Waals surface area contributed by atoms with Crippen molar-refractivity contribution in [3.8, 4) is 0 Å². The minimum atomic E-state index is -3.07. The van der Waals surface area contributed by atoms with Crippen molar-refractivity contribution in [3.63, 3.8) is 0 Å². The summed E-state index contributed by atoms with van der Waals surface area (Å²) in [7, 11) is 0. The van der Waals surface area contributed by atoms with Gasteiger partial charge in [0.15, 0.2) is 5.60 Å². The van der Waals surface area contributed by atoms with Crippen LogP contribution in [-0.4, -0.2) is 99.5 Å². The van der Waals surface area contributed by atoms with Gasteiger partial charge in [0, 0.05) is 0 Å². The molecular weight excluding hydrogens is 656 g/mol. The summed E-state index contributed by atoms with van der Waals surface area (Å²) in [6.45, 7) is -8.36. The van der Waals surface area contributed by atoms with Crippen molar-refractivity contribution in [1.82, 2.24) is 0 Å². The second-order valence-electron chi connectivity index (χ2n) is 12.4. The van der Waals surface area contributed by atoms with E-state index in [1.165, 1.54) is 0 Å². The molecular formula is C40H46O11. The van der Waals surface area contributed by atoms with Gasteiger partial charge in [0.1, 0.15) is 42.7 Å². The molecule has 272 valence electrons. The predicted octanol–water partition coefficient (Wildman–Crippen LogP) is 2.89. The quantitative estimate of drug-likeness (QED) is 0.117. The molecule has 2 aliphatic rings. The van der Waals surface area contributed by atoms with Crippen molar-refractivity contribution in [2.75, 3.05) is 19.8 Å². The first-order valence-electron chi connectivity index (χ1n) is 19.0. The zero-order chi connectivity index (χ0) is 39.2. The molecule has 0 aromatic heterocycles. The summed E-state index contributed by atoms with van der Waals surface area (Å²) in [6, 6.07) is 33.8. The highest BCUT2D eigenvalue weighted by atomic mass is 16.7. The minimum absolute atomic E-state index is 0.318. The lowest BCUT2D eigenvalue weighted by atomic mass is 9.77. The first kappa shape index (κ1) is 32.1. The number of rotatable bonds is 16. The Morgan fingerprint density at radius 3 is 1.49 bits per heavy atom. The van der Waals surface area contributed by atoms with Crippen LogP contribution in [0.15, 0.2) is 121 Å². The van der Waals surface area contributed by atoms with Crippen molar-refractivity contribution in [2.24, 2.45) is 0 Å². The van der Waals surface area contributed by atoms with Crippen LogP contribution in [0, 0.1) is 0 Å². The first-order valence-corrected chi connectivity index (χ1v) is 16.7. The van der Waals surface area contributed by atoms with Gasteiger partial charge in [-0.2, -0.15) is 0 Å². The molecule has 6 rings (SSSR count). The van der Waals surface area contributed by atoms with Crippen LogP contribution >= 0.6 is 0 Å². The maximum absolute atomic E-state index is 13.0. The predicted molar refractivity (Wildman–Crippen MR) is 185 cm³/mol. The van der Waals surface area contributed by atoms with E-state index < -0.39 is 100 Å². The van der Waals surface area contributed by atoms with E-state index in [-0.39, 0.29) is 0 Å². The second kappa shape index (κ2) is 17.3. The van der Waals surface area contributed by atoms with Crippen molar-refractivity contribution in [2.45, 2.75) is 80.4 Å². The number of hydrogen-bond donors (Lipinski definition) is 5. The van der Waals surface area contributed by atoms with E-state index in [4.69, 9.17) is 33.9 Å². The van der Waals surface area contributed by atoms with E-state index in [2.05, 4.69) is 0 Å². The fraction of sp³-hybridized carbons (Fsp3) is 0.400. The minimum Gasteiger partial charge on any atom is -0.394 e. The third-order valence-electron chi connectivity index (χ3n) is 9.02. The molecule has 2 saturated heterocycles. The van der Waals surface area contributed by atoms with Crippen molar-refractivity contribution < 1.29 is 59.4 Å². The molecule has 0 saturated carbocycles. The fourth-order valence-corrected chi connectivity index (χ4v) is 6.33. The normalized spacial score (nSPS) is 34.3. The Hall–Kier alpha value is -3.56. The highest BCUT2D eigenvalue weighted by Crippen LogP contribution is 2.48. The summed E-state index contributed by atoms with van der Waals surface area (Å²) in [6.07, 6.45) is -12.1. The van der Waals surface area contributed by atoms with Crippen LogP contribution in [0.5, 0.6) is 0 Å². The fourth-order valence-electron chi connectivity index (χ4n) is 6.33. The Bertz CT molecular complexity index is 1750. The number of aliphatic hydroxyl groups excluding tert-OH is 4. The molecule has 0 radical (unpaired) electrons. The molecule has 11 nitrogen and oxygen atoms in total. The van der Waals surface area contributed by atoms with Crippen molar-refractivity contribution in [3.05, 3.63) is 144 Å². The number of ether oxygens (including phenoxy) is 6. The van der Waals surface area contributed by atoms with Gasteiger partial charge >= 0.3 is 0 Å². The molecule has 0 spiro atoms. The monoisotopic (exact) mass is 706 g/mol. The number of benzene rings is 4. The molecule has 0 amide bonds. The molecule has 11 heteroatoms. The SMILES string of the molecule is [2H]C(OC[C@H]1OC(O)(C2(CO)O[C@H](CO)[C@@H](O)[C@@H]2O)[C@H](OC([2H])c2ccccc2)[C@@H](OC([2H])c2ccccc2)[C@@H]1OC([2H])c1ccccc1)c1ccccc1. The molecule has 2 fully saturated rings. The van der Waals surface area contributed by atoms with E-state index in [1.54, 1.807) is 121 Å². The van der Waals surface area contributed by atoms with E-state index in [9.17, 15) is 25.5 Å². The smallest absolute Gasteiger partial charge is 0.230 e. The third-order valence-corrected chi connectivity index (χ3v) is 9.02. The second-order valence-corrected chi connectivity index (χ2v) is 12.4. The van der Waals surface area contributed by atoms with Crippen LogP contribution in [0.25, 0.3) is 0 Å². The lowest BCUT2D eigenvalue weighted by Gasteiger charge is -2.56. The Morgan fingerprint density at radius 2 is 1.04 bits per heavy atom. The Morgan fingerprint density at radius 1 is 0.588 bits per heavy atom. The van der Waals surface area contributed by atoms with Gasteiger partial charge in [-0.15, -0.1) is 0 Å². The Labute approximate surface area is 303 Å². The molecule has 5 N–H and O–H groups in total. The average Bonchev–Trinajstić information content (AvgIpc) is 3.49. The lowest BCUT2D eigenvalue weighted by molar-refractivity contribution is -0.427. The summed E-state index contributed by atoms with van der Waals surface area (Å²) in [4.78, 5) is 0. The summed E-state index contributed by atoms with van der Waals surface area (Å²) >= 11 is 0. The largest absolute Gasteiger partial charge is 0.394 e. The van der Waals surface area contributed by atoms with Gasteiger partial charge in [0.25, 0.3) is 0 Å². The number of hydrogen-bond acceptors (Lipinski definition) is 11. The summed E-state index contributed by atoms with van der Waals surface area (Å²) < 4.78 is 73.4. The summed E-state index contributed by atoms with van der Waals surface area (Å²) in [5.41, 5.74) is -1.08. The highest BCUT2D eigenvalue weighted by Gasteiger charge is 2.73.